The highest BCUT2D eigenvalue weighted by molar-refractivity contribution is 7.89. The van der Waals surface area contributed by atoms with Gasteiger partial charge in [-0.05, 0) is 24.3 Å². The van der Waals surface area contributed by atoms with Crippen LogP contribution in [-0.2, 0) is 26.1 Å². The van der Waals surface area contributed by atoms with Crippen molar-refractivity contribution in [1.29, 1.82) is 0 Å². The summed E-state index contributed by atoms with van der Waals surface area (Å²) in [6.07, 6.45) is 1.52. The minimum atomic E-state index is -3.76. The van der Waals surface area contributed by atoms with Crippen LogP contribution >= 0.6 is 0 Å². The van der Waals surface area contributed by atoms with Crippen molar-refractivity contribution in [1.82, 2.24) is 8.87 Å². The molecule has 2 N–H and O–H groups in total. The van der Waals surface area contributed by atoms with Gasteiger partial charge < -0.3 is 19.7 Å². The van der Waals surface area contributed by atoms with Gasteiger partial charge >= 0.3 is 5.97 Å². The highest BCUT2D eigenvalue weighted by Gasteiger charge is 2.23. The lowest BCUT2D eigenvalue weighted by molar-refractivity contribution is -0.116. The van der Waals surface area contributed by atoms with Gasteiger partial charge in [0, 0.05) is 30.2 Å². The monoisotopic (exact) mass is 459 g/mol. The van der Waals surface area contributed by atoms with Gasteiger partial charge in [0.2, 0.25) is 15.9 Å². The van der Waals surface area contributed by atoms with Crippen LogP contribution in [0.5, 0.6) is 5.75 Å². The topological polar surface area (TPSA) is 118 Å². The lowest BCUT2D eigenvalue weighted by Gasteiger charge is -2.19. The Morgan fingerprint density at radius 2 is 1.81 bits per heavy atom. The van der Waals surface area contributed by atoms with Gasteiger partial charge in [-0.15, -0.1) is 0 Å². The first-order chi connectivity index (χ1) is 15.2. The highest BCUT2D eigenvalue weighted by Crippen LogP contribution is 2.28. The number of para-hydroxylation sites is 1. The summed E-state index contributed by atoms with van der Waals surface area (Å²) in [5.41, 5.74) is 0.962. The van der Waals surface area contributed by atoms with Crippen molar-refractivity contribution in [2.45, 2.75) is 25.3 Å². The molecule has 3 aromatic rings. The number of sulfonamides is 1. The molecule has 10 heteroatoms. The molecule has 0 radical (unpaired) electrons. The predicted molar refractivity (Wildman–Crippen MR) is 120 cm³/mol. The normalized spacial score (nSPS) is 11.6. The molecule has 3 rings (SSSR count). The van der Waals surface area contributed by atoms with E-state index in [1.54, 1.807) is 42.7 Å². The van der Waals surface area contributed by atoms with Crippen LogP contribution in [0.3, 0.4) is 0 Å². The number of ether oxygens (including phenoxy) is 1. The lowest BCUT2D eigenvalue weighted by Crippen LogP contribution is -2.30. The molecular formula is C22H25N3O6S. The number of aromatic nitrogens is 1. The van der Waals surface area contributed by atoms with Crippen LogP contribution in [0.4, 0.5) is 5.69 Å². The Bertz CT molecular complexity index is 1260. The molecule has 0 saturated carbocycles. The van der Waals surface area contributed by atoms with Gasteiger partial charge in [-0.3, -0.25) is 4.79 Å². The van der Waals surface area contributed by atoms with Gasteiger partial charge in [0.05, 0.1) is 23.3 Å². The Balaban J connectivity index is 1.88. The van der Waals surface area contributed by atoms with Crippen molar-refractivity contribution >= 4 is 38.5 Å². The number of amides is 1. The molecule has 9 nitrogen and oxygen atoms in total. The number of fused-ring (bicyclic) bond motifs is 1. The van der Waals surface area contributed by atoms with E-state index in [2.05, 4.69) is 5.32 Å². The zero-order valence-corrected chi connectivity index (χ0v) is 18.8. The molecular weight excluding hydrogens is 434 g/mol. The fourth-order valence-corrected chi connectivity index (χ4v) is 4.97. The van der Waals surface area contributed by atoms with Gasteiger partial charge in [-0.2, -0.15) is 4.31 Å². The van der Waals surface area contributed by atoms with E-state index in [1.165, 1.54) is 35.8 Å². The second kappa shape index (κ2) is 9.41. The van der Waals surface area contributed by atoms with Crippen LogP contribution < -0.4 is 5.32 Å². The number of phenols is 1. The van der Waals surface area contributed by atoms with Gasteiger partial charge in [0.25, 0.3) is 0 Å². The van der Waals surface area contributed by atoms with Gasteiger partial charge in [-0.25, -0.2) is 13.2 Å². The average molecular weight is 460 g/mol. The number of carbonyl (C=O) groups excluding carboxylic acids is 2. The number of anilines is 1. The Hall–Kier alpha value is -3.37. The maximum atomic E-state index is 12.8. The Morgan fingerprint density at radius 3 is 2.47 bits per heavy atom. The maximum Gasteiger partial charge on any atom is 0.340 e. The van der Waals surface area contributed by atoms with E-state index in [9.17, 15) is 23.1 Å². The molecule has 0 atom stereocenters. The van der Waals surface area contributed by atoms with Crippen LogP contribution in [0, 0.1) is 0 Å². The quantitative estimate of drug-likeness (QED) is 0.395. The summed E-state index contributed by atoms with van der Waals surface area (Å²) in [4.78, 5) is 24.7. The van der Waals surface area contributed by atoms with Gasteiger partial charge in [0.1, 0.15) is 12.3 Å². The van der Waals surface area contributed by atoms with Crippen LogP contribution in [0.2, 0.25) is 0 Å². The van der Waals surface area contributed by atoms with E-state index in [0.717, 1.165) is 0 Å². The van der Waals surface area contributed by atoms with E-state index in [-0.39, 0.29) is 22.9 Å². The van der Waals surface area contributed by atoms with E-state index < -0.39 is 21.9 Å². The second-order valence-electron chi connectivity index (χ2n) is 7.00. The number of benzene rings is 2. The first-order valence-corrected chi connectivity index (χ1v) is 11.5. The zero-order valence-electron chi connectivity index (χ0n) is 18.0. The van der Waals surface area contributed by atoms with E-state index >= 15 is 0 Å². The number of rotatable bonds is 8. The summed E-state index contributed by atoms with van der Waals surface area (Å²) < 4.78 is 33.2. The van der Waals surface area contributed by atoms with Crippen molar-refractivity contribution in [3.05, 3.63) is 54.2 Å². The number of nitrogens with one attached hydrogen (secondary N) is 1. The highest BCUT2D eigenvalue weighted by atomic mass is 32.2. The van der Waals surface area contributed by atoms with Crippen LogP contribution in [0.1, 0.15) is 24.2 Å². The van der Waals surface area contributed by atoms with Crippen LogP contribution in [0.15, 0.2) is 53.6 Å². The molecule has 0 fully saturated rings. The number of hydrogen-bond acceptors (Lipinski definition) is 6. The fraction of sp³-hybridized carbons (Fsp3) is 0.273. The molecule has 1 aromatic heterocycles. The summed E-state index contributed by atoms with van der Waals surface area (Å²) >= 11 is 0. The Labute approximate surface area is 186 Å². The van der Waals surface area contributed by atoms with Gasteiger partial charge in [-0.1, -0.05) is 32.0 Å². The van der Waals surface area contributed by atoms with Gasteiger partial charge in [0.15, 0.2) is 0 Å². The number of nitrogens with zero attached hydrogens (tertiary/aromatic N) is 2. The van der Waals surface area contributed by atoms with Crippen LogP contribution in [0.25, 0.3) is 10.9 Å². The third kappa shape index (κ3) is 4.46. The smallest absolute Gasteiger partial charge is 0.340 e. The molecule has 170 valence electrons. The molecule has 0 aliphatic carbocycles. The summed E-state index contributed by atoms with van der Waals surface area (Å²) in [5, 5.41) is 13.4. The molecule has 0 aliphatic heterocycles. The summed E-state index contributed by atoms with van der Waals surface area (Å²) in [6, 6.07) is 10.8. The number of carbonyl (C=O) groups is 2. The van der Waals surface area contributed by atoms with E-state index in [1.807, 2.05) is 0 Å². The Kier molecular flexibility index (Phi) is 6.85. The SMILES string of the molecule is CCN(CC)S(=O)(=O)c1ccc(O)c(NC(=O)Cn2cc(C(=O)OC)c3ccccc32)c1. The minimum absolute atomic E-state index is 0.0205. The molecule has 0 spiro atoms. The first kappa shape index (κ1) is 23.3. The largest absolute Gasteiger partial charge is 0.506 e. The number of hydrogen-bond donors (Lipinski definition) is 2. The number of phenolic OH excluding ortho intramolecular Hbond substituents is 1. The first-order valence-electron chi connectivity index (χ1n) is 10.0. The van der Waals surface area contributed by atoms with Crippen molar-refractivity contribution in [2.24, 2.45) is 0 Å². The number of methoxy groups -OCH3 is 1. The fourth-order valence-electron chi connectivity index (χ4n) is 3.48. The predicted octanol–water partition coefficient (Wildman–Crippen LogP) is 2.80. The molecule has 1 heterocycles. The number of aromatic hydroxyl groups is 1. The third-order valence-corrected chi connectivity index (χ3v) is 7.14. The van der Waals surface area contributed by atoms with Crippen molar-refractivity contribution in [3.8, 4) is 5.75 Å². The van der Waals surface area contributed by atoms with Crippen molar-refractivity contribution in [3.63, 3.8) is 0 Å². The summed E-state index contributed by atoms with van der Waals surface area (Å²) in [7, 11) is -2.48. The minimum Gasteiger partial charge on any atom is -0.506 e. The van der Waals surface area contributed by atoms with Crippen molar-refractivity contribution < 1.29 is 27.9 Å². The molecule has 0 bridgehead atoms. The molecule has 0 saturated heterocycles. The van der Waals surface area contributed by atoms with E-state index in [4.69, 9.17) is 4.74 Å². The third-order valence-electron chi connectivity index (χ3n) is 5.09. The second-order valence-corrected chi connectivity index (χ2v) is 8.93. The zero-order chi connectivity index (χ0) is 23.5. The molecule has 0 unspecified atom stereocenters. The lowest BCUT2D eigenvalue weighted by atomic mass is 10.2. The van der Waals surface area contributed by atoms with Crippen LogP contribution in [-0.4, -0.2) is 54.5 Å². The summed E-state index contributed by atoms with van der Waals surface area (Å²) in [6.45, 7) is 3.89. The molecule has 1 amide bonds. The molecule has 0 aliphatic rings. The molecule has 32 heavy (non-hydrogen) atoms. The number of esters is 1. The molecule has 2 aromatic carbocycles. The maximum absolute atomic E-state index is 12.8. The van der Waals surface area contributed by atoms with Crippen molar-refractivity contribution in [2.75, 3.05) is 25.5 Å². The average Bonchev–Trinajstić information content (AvgIpc) is 3.13. The standard InChI is InChI=1S/C22H25N3O6S/c1-4-25(5-2)32(29,30)15-10-11-20(26)18(12-15)23-21(27)14-24-13-17(22(28)31-3)16-8-6-7-9-19(16)24/h6-13,26H,4-5,14H2,1-3H3,(H,23,27). The Morgan fingerprint density at radius 1 is 1.12 bits per heavy atom. The summed E-state index contributed by atoms with van der Waals surface area (Å²) in [5.74, 6) is -1.29. The van der Waals surface area contributed by atoms with E-state index in [0.29, 0.717) is 29.6 Å².